The molecule has 0 saturated carbocycles. The maximum absolute atomic E-state index is 6.04. The molecule has 5 heteroatoms. The van der Waals surface area contributed by atoms with Gasteiger partial charge in [0, 0.05) is 31.2 Å². The molecule has 0 fully saturated rings. The maximum atomic E-state index is 6.04. The Kier molecular flexibility index (Phi) is 7.24. The molecule has 20 heavy (non-hydrogen) atoms. The number of unbranched alkanes of at least 4 members (excludes halogenated alkanes) is 1. The molecule has 0 atom stereocenters. The van der Waals surface area contributed by atoms with Gasteiger partial charge >= 0.3 is 0 Å². The minimum Gasteiger partial charge on any atom is -0.381 e. The Morgan fingerprint density at radius 1 is 1.20 bits per heavy atom. The highest BCUT2D eigenvalue weighted by molar-refractivity contribution is 6.29. The van der Waals surface area contributed by atoms with Crippen LogP contribution < -0.4 is 5.32 Å². The van der Waals surface area contributed by atoms with Crippen molar-refractivity contribution in [3.05, 3.63) is 17.0 Å². The molecule has 0 aliphatic heterocycles. The first kappa shape index (κ1) is 17.2. The minimum absolute atomic E-state index is 0.107. The summed E-state index contributed by atoms with van der Waals surface area (Å²) in [5.41, 5.74) is -0.107. The SMILES string of the molecule is CCCCOCCCNc1cc(Cl)nc(C(C)(C)C)n1. The number of rotatable bonds is 8. The number of nitrogens with one attached hydrogen (secondary N) is 1. The van der Waals surface area contributed by atoms with Crippen LogP contribution in [0.3, 0.4) is 0 Å². The average Bonchev–Trinajstić information content (AvgIpc) is 2.36. The smallest absolute Gasteiger partial charge is 0.137 e. The van der Waals surface area contributed by atoms with Crippen molar-refractivity contribution in [1.29, 1.82) is 0 Å². The second-order valence-corrected chi connectivity index (χ2v) is 6.28. The molecule has 0 aliphatic carbocycles. The maximum Gasteiger partial charge on any atom is 0.137 e. The van der Waals surface area contributed by atoms with Gasteiger partial charge in [-0.05, 0) is 12.8 Å². The molecule has 0 aliphatic rings. The lowest BCUT2D eigenvalue weighted by Crippen LogP contribution is -2.17. The van der Waals surface area contributed by atoms with Crippen LogP contribution in [0.15, 0.2) is 6.07 Å². The third kappa shape index (κ3) is 6.53. The standard InChI is InChI=1S/C15H26ClN3O/c1-5-6-9-20-10-7-8-17-13-11-12(16)18-14(19-13)15(2,3)4/h11H,5-10H2,1-4H3,(H,17,18,19). The van der Waals surface area contributed by atoms with E-state index in [1.54, 1.807) is 6.07 Å². The number of hydrogen-bond donors (Lipinski definition) is 1. The Morgan fingerprint density at radius 2 is 1.90 bits per heavy atom. The van der Waals surface area contributed by atoms with Crippen LogP contribution in [0.25, 0.3) is 0 Å². The lowest BCUT2D eigenvalue weighted by molar-refractivity contribution is 0.131. The molecule has 0 spiro atoms. The van der Waals surface area contributed by atoms with Gasteiger partial charge in [-0.25, -0.2) is 9.97 Å². The fourth-order valence-corrected chi connectivity index (χ4v) is 1.77. The van der Waals surface area contributed by atoms with Crippen molar-refractivity contribution >= 4 is 17.4 Å². The van der Waals surface area contributed by atoms with Gasteiger partial charge in [-0.15, -0.1) is 0 Å². The second-order valence-electron chi connectivity index (χ2n) is 5.90. The first-order valence-corrected chi connectivity index (χ1v) is 7.68. The Balaban J connectivity index is 2.39. The van der Waals surface area contributed by atoms with E-state index in [4.69, 9.17) is 16.3 Å². The fraction of sp³-hybridized carbons (Fsp3) is 0.733. The van der Waals surface area contributed by atoms with Gasteiger partial charge in [0.05, 0.1) is 0 Å². The summed E-state index contributed by atoms with van der Waals surface area (Å²) in [5.74, 6) is 1.54. The molecule has 1 heterocycles. The minimum atomic E-state index is -0.107. The van der Waals surface area contributed by atoms with Crippen molar-refractivity contribution in [2.45, 2.75) is 52.4 Å². The lowest BCUT2D eigenvalue weighted by Gasteiger charge is -2.17. The molecule has 0 amide bonds. The van der Waals surface area contributed by atoms with E-state index in [9.17, 15) is 0 Å². The molecule has 114 valence electrons. The van der Waals surface area contributed by atoms with Crippen LogP contribution in [0, 0.1) is 0 Å². The normalized spacial score (nSPS) is 11.7. The van der Waals surface area contributed by atoms with E-state index in [1.165, 1.54) is 6.42 Å². The van der Waals surface area contributed by atoms with Gasteiger partial charge in [0.2, 0.25) is 0 Å². The topological polar surface area (TPSA) is 47.0 Å². The van der Waals surface area contributed by atoms with Crippen molar-refractivity contribution in [2.24, 2.45) is 0 Å². The zero-order chi connectivity index (χ0) is 15.0. The van der Waals surface area contributed by atoms with Gasteiger partial charge in [-0.2, -0.15) is 0 Å². The molecular weight excluding hydrogens is 274 g/mol. The first-order valence-electron chi connectivity index (χ1n) is 7.30. The molecule has 0 saturated heterocycles. The van der Waals surface area contributed by atoms with E-state index in [1.807, 2.05) is 0 Å². The fourth-order valence-electron chi connectivity index (χ4n) is 1.58. The van der Waals surface area contributed by atoms with Crippen LogP contribution in [0.5, 0.6) is 0 Å². The summed E-state index contributed by atoms with van der Waals surface area (Å²) in [4.78, 5) is 8.78. The molecule has 0 bridgehead atoms. The van der Waals surface area contributed by atoms with E-state index >= 15 is 0 Å². The van der Waals surface area contributed by atoms with E-state index in [2.05, 4.69) is 43.0 Å². The van der Waals surface area contributed by atoms with Crippen LogP contribution in [-0.4, -0.2) is 29.7 Å². The molecule has 0 aromatic carbocycles. The third-order valence-corrected chi connectivity index (χ3v) is 2.97. The number of halogens is 1. The van der Waals surface area contributed by atoms with Crippen molar-refractivity contribution < 1.29 is 4.74 Å². The highest BCUT2D eigenvalue weighted by Crippen LogP contribution is 2.22. The van der Waals surface area contributed by atoms with Gasteiger partial charge in [-0.1, -0.05) is 45.7 Å². The zero-order valence-corrected chi connectivity index (χ0v) is 13.8. The summed E-state index contributed by atoms with van der Waals surface area (Å²) in [6.45, 7) is 10.8. The Bertz CT molecular complexity index is 405. The second kappa shape index (κ2) is 8.42. The number of anilines is 1. The first-order chi connectivity index (χ1) is 9.43. The van der Waals surface area contributed by atoms with Gasteiger partial charge in [0.25, 0.3) is 0 Å². The number of aromatic nitrogens is 2. The molecule has 1 rings (SSSR count). The predicted octanol–water partition coefficient (Wildman–Crippen LogP) is 4.05. The van der Waals surface area contributed by atoms with E-state index in [-0.39, 0.29) is 5.41 Å². The highest BCUT2D eigenvalue weighted by Gasteiger charge is 2.18. The van der Waals surface area contributed by atoms with Crippen LogP contribution >= 0.6 is 11.6 Å². The largest absolute Gasteiger partial charge is 0.381 e. The Hall–Kier alpha value is -0.870. The molecule has 1 aromatic heterocycles. The number of nitrogens with zero attached hydrogens (tertiary/aromatic N) is 2. The van der Waals surface area contributed by atoms with Crippen molar-refractivity contribution in [3.8, 4) is 0 Å². The molecule has 1 aromatic rings. The summed E-state index contributed by atoms with van der Waals surface area (Å²) in [6.07, 6.45) is 3.26. The lowest BCUT2D eigenvalue weighted by atomic mass is 9.96. The van der Waals surface area contributed by atoms with Crippen LogP contribution in [-0.2, 0) is 10.2 Å². The molecule has 0 unspecified atom stereocenters. The summed E-state index contributed by atoms with van der Waals surface area (Å²) in [5, 5.41) is 3.75. The van der Waals surface area contributed by atoms with Crippen LogP contribution in [0.2, 0.25) is 5.15 Å². The van der Waals surface area contributed by atoms with Crippen molar-refractivity contribution in [3.63, 3.8) is 0 Å². The predicted molar refractivity (Wildman–Crippen MR) is 84.6 cm³/mol. The van der Waals surface area contributed by atoms with Gasteiger partial charge in [0.1, 0.15) is 16.8 Å². The molecule has 0 radical (unpaired) electrons. The average molecular weight is 300 g/mol. The van der Waals surface area contributed by atoms with E-state index in [0.29, 0.717) is 5.15 Å². The van der Waals surface area contributed by atoms with E-state index < -0.39 is 0 Å². The Morgan fingerprint density at radius 3 is 2.55 bits per heavy atom. The zero-order valence-electron chi connectivity index (χ0n) is 13.0. The summed E-state index contributed by atoms with van der Waals surface area (Å²) >= 11 is 6.04. The number of ether oxygens (including phenoxy) is 1. The van der Waals surface area contributed by atoms with Crippen LogP contribution in [0.1, 0.15) is 52.8 Å². The van der Waals surface area contributed by atoms with Gasteiger partial charge < -0.3 is 10.1 Å². The van der Waals surface area contributed by atoms with Crippen LogP contribution in [0.4, 0.5) is 5.82 Å². The summed E-state index contributed by atoms with van der Waals surface area (Å²) in [6, 6.07) is 1.76. The highest BCUT2D eigenvalue weighted by atomic mass is 35.5. The quantitative estimate of drug-likeness (QED) is 0.581. The monoisotopic (exact) mass is 299 g/mol. The number of hydrogen-bond acceptors (Lipinski definition) is 4. The summed E-state index contributed by atoms with van der Waals surface area (Å²) in [7, 11) is 0. The van der Waals surface area contributed by atoms with E-state index in [0.717, 1.165) is 44.2 Å². The van der Waals surface area contributed by atoms with Gasteiger partial charge in [0.15, 0.2) is 0 Å². The molecule has 4 nitrogen and oxygen atoms in total. The van der Waals surface area contributed by atoms with Gasteiger partial charge in [-0.3, -0.25) is 0 Å². The molecular formula is C15H26ClN3O. The third-order valence-electron chi connectivity index (χ3n) is 2.78. The molecule has 1 N–H and O–H groups in total. The van der Waals surface area contributed by atoms with Crippen molar-refractivity contribution in [1.82, 2.24) is 9.97 Å². The summed E-state index contributed by atoms with van der Waals surface area (Å²) < 4.78 is 5.51. The Labute approximate surface area is 127 Å². The van der Waals surface area contributed by atoms with Crippen molar-refractivity contribution in [2.75, 3.05) is 25.1 Å².